The second-order valence-corrected chi connectivity index (χ2v) is 4.41. The Bertz CT molecular complexity index is 716. The Balaban J connectivity index is 2.29. The third kappa shape index (κ3) is 4.89. The maximum atomic E-state index is 12.8. The maximum absolute atomic E-state index is 12.8. The molecular weight excluding hydrogens is 342 g/mol. The van der Waals surface area contributed by atoms with E-state index in [-0.39, 0.29) is 17.5 Å². The Hall–Kier alpha value is -2.72. The van der Waals surface area contributed by atoms with Gasteiger partial charge in [-0.05, 0) is 12.1 Å². The second-order valence-electron chi connectivity index (χ2n) is 4.41. The lowest BCUT2D eigenvalue weighted by molar-refractivity contribution is -0.274. The van der Waals surface area contributed by atoms with Crippen LogP contribution in [0.2, 0.25) is 0 Å². The first-order valence-corrected chi connectivity index (χ1v) is 6.34. The van der Waals surface area contributed by atoms with Gasteiger partial charge in [-0.2, -0.15) is 18.2 Å². The van der Waals surface area contributed by atoms with Crippen LogP contribution in [-0.4, -0.2) is 23.4 Å². The summed E-state index contributed by atoms with van der Waals surface area (Å²) in [6, 6.07) is 5.25. The topological polar surface area (TPSA) is 59.1 Å². The van der Waals surface area contributed by atoms with Crippen molar-refractivity contribution >= 4 is 17.5 Å². The molecule has 0 spiro atoms. The van der Waals surface area contributed by atoms with Gasteiger partial charge in [0.15, 0.2) is 5.69 Å². The summed E-state index contributed by atoms with van der Waals surface area (Å²) < 4.78 is 78.6. The van der Waals surface area contributed by atoms with Crippen LogP contribution in [0.5, 0.6) is 5.75 Å². The van der Waals surface area contributed by atoms with E-state index in [0.29, 0.717) is 6.07 Å². The molecule has 130 valence electrons. The van der Waals surface area contributed by atoms with Crippen LogP contribution in [0, 0.1) is 0 Å². The summed E-state index contributed by atoms with van der Waals surface area (Å²) in [5.74, 6) is -1.06. The molecule has 0 fully saturated rings. The van der Waals surface area contributed by atoms with E-state index in [1.807, 2.05) is 0 Å². The molecule has 0 atom stereocenters. The highest BCUT2D eigenvalue weighted by Gasteiger charge is 2.34. The van der Waals surface area contributed by atoms with E-state index in [1.54, 1.807) is 0 Å². The Morgan fingerprint density at radius 1 is 1.00 bits per heavy atom. The smallest absolute Gasteiger partial charge is 0.406 e. The third-order valence-corrected chi connectivity index (χ3v) is 2.58. The fraction of sp³-hybridized carbons (Fsp3) is 0.231. The second kappa shape index (κ2) is 6.42. The molecule has 0 saturated heterocycles. The lowest BCUT2D eigenvalue weighted by atomic mass is 10.3. The summed E-state index contributed by atoms with van der Waals surface area (Å²) in [5, 5.41) is 4.85. The summed E-state index contributed by atoms with van der Waals surface area (Å²) in [6.45, 7) is 0. The van der Waals surface area contributed by atoms with E-state index in [2.05, 4.69) is 25.3 Å². The number of nitrogens with zero attached hydrogens (tertiary/aromatic N) is 2. The zero-order valence-corrected chi connectivity index (χ0v) is 12.0. The highest BCUT2D eigenvalue weighted by Crippen LogP contribution is 2.31. The molecule has 2 N–H and O–H groups in total. The molecule has 0 aliphatic heterocycles. The number of anilines is 3. The number of hydrogen-bond acceptors (Lipinski definition) is 5. The number of aromatic nitrogens is 2. The average Bonchev–Trinajstić information content (AvgIpc) is 2.44. The van der Waals surface area contributed by atoms with Crippen LogP contribution in [0.25, 0.3) is 0 Å². The van der Waals surface area contributed by atoms with Gasteiger partial charge in [0, 0.05) is 24.9 Å². The molecule has 0 saturated carbocycles. The quantitative estimate of drug-likeness (QED) is 0.809. The Morgan fingerprint density at radius 3 is 2.29 bits per heavy atom. The molecule has 2 aromatic rings. The van der Waals surface area contributed by atoms with Crippen molar-refractivity contribution in [1.82, 2.24) is 9.97 Å². The van der Waals surface area contributed by atoms with Crippen LogP contribution < -0.4 is 15.4 Å². The van der Waals surface area contributed by atoms with E-state index >= 15 is 0 Å². The van der Waals surface area contributed by atoms with Gasteiger partial charge in [-0.3, -0.25) is 0 Å². The normalized spacial score (nSPS) is 12.0. The highest BCUT2D eigenvalue weighted by atomic mass is 19.4. The zero-order chi connectivity index (χ0) is 18.0. The molecule has 0 unspecified atom stereocenters. The molecule has 0 amide bonds. The van der Waals surface area contributed by atoms with Gasteiger partial charge in [0.05, 0.1) is 0 Å². The summed E-state index contributed by atoms with van der Waals surface area (Å²) in [5.41, 5.74) is -1.14. The van der Waals surface area contributed by atoms with Crippen LogP contribution in [0.4, 0.5) is 43.8 Å². The van der Waals surface area contributed by atoms with Gasteiger partial charge in [0.2, 0.25) is 5.95 Å². The Labute approximate surface area is 131 Å². The number of ether oxygens (including phenoxy) is 1. The first-order chi connectivity index (χ1) is 11.1. The Morgan fingerprint density at radius 2 is 1.71 bits per heavy atom. The molecule has 11 heteroatoms. The van der Waals surface area contributed by atoms with Gasteiger partial charge in [-0.1, -0.05) is 6.07 Å². The molecule has 1 aromatic heterocycles. The van der Waals surface area contributed by atoms with E-state index in [1.165, 1.54) is 19.2 Å². The van der Waals surface area contributed by atoms with Crippen molar-refractivity contribution in [3.8, 4) is 5.75 Å². The first kappa shape index (κ1) is 17.6. The van der Waals surface area contributed by atoms with Crippen molar-refractivity contribution in [2.24, 2.45) is 0 Å². The molecule has 2 rings (SSSR count). The molecule has 5 nitrogen and oxygen atoms in total. The van der Waals surface area contributed by atoms with Crippen molar-refractivity contribution in [3.63, 3.8) is 0 Å². The van der Waals surface area contributed by atoms with Crippen LogP contribution in [0.3, 0.4) is 0 Å². The summed E-state index contributed by atoms with van der Waals surface area (Å²) in [7, 11) is 1.33. The molecule has 0 aliphatic carbocycles. The third-order valence-electron chi connectivity index (χ3n) is 2.58. The summed E-state index contributed by atoms with van der Waals surface area (Å²) in [4.78, 5) is 7.04. The lowest BCUT2D eigenvalue weighted by Gasteiger charge is -2.13. The van der Waals surface area contributed by atoms with Crippen LogP contribution >= 0.6 is 0 Å². The minimum Gasteiger partial charge on any atom is -0.406 e. The highest BCUT2D eigenvalue weighted by molar-refractivity contribution is 5.59. The van der Waals surface area contributed by atoms with E-state index in [0.717, 1.165) is 12.1 Å². The molecule has 24 heavy (non-hydrogen) atoms. The zero-order valence-electron chi connectivity index (χ0n) is 12.0. The van der Waals surface area contributed by atoms with Crippen molar-refractivity contribution < 1.29 is 31.1 Å². The van der Waals surface area contributed by atoms with Crippen LogP contribution in [-0.2, 0) is 6.18 Å². The number of nitrogens with one attached hydrogen (secondary N) is 2. The minimum atomic E-state index is -4.88. The number of alkyl halides is 6. The SMILES string of the molecule is CNc1nc(Nc2cccc(OC(F)(F)F)c2)cc(C(F)(F)F)n1. The molecule has 0 aliphatic rings. The van der Waals surface area contributed by atoms with Crippen molar-refractivity contribution in [3.05, 3.63) is 36.0 Å². The van der Waals surface area contributed by atoms with E-state index < -0.39 is 24.0 Å². The molecule has 0 bridgehead atoms. The van der Waals surface area contributed by atoms with Gasteiger partial charge < -0.3 is 15.4 Å². The maximum Gasteiger partial charge on any atom is 0.573 e. The number of hydrogen-bond donors (Lipinski definition) is 2. The van der Waals surface area contributed by atoms with Crippen LogP contribution in [0.15, 0.2) is 30.3 Å². The fourth-order valence-corrected chi connectivity index (χ4v) is 1.69. The van der Waals surface area contributed by atoms with Crippen LogP contribution in [0.1, 0.15) is 5.69 Å². The predicted octanol–water partition coefficient (Wildman–Crippen LogP) is 4.18. The first-order valence-electron chi connectivity index (χ1n) is 6.34. The van der Waals surface area contributed by atoms with Crippen molar-refractivity contribution in [2.75, 3.05) is 17.7 Å². The summed E-state index contributed by atoms with van der Waals surface area (Å²) in [6.07, 6.45) is -9.58. The monoisotopic (exact) mass is 352 g/mol. The number of benzene rings is 1. The van der Waals surface area contributed by atoms with Crippen molar-refractivity contribution in [2.45, 2.75) is 12.5 Å². The molecule has 1 aromatic carbocycles. The van der Waals surface area contributed by atoms with Gasteiger partial charge in [0.1, 0.15) is 11.6 Å². The minimum absolute atomic E-state index is 0.0608. The standard InChI is InChI=1S/C13H10F6N4O/c1-20-11-22-9(12(14,15)16)6-10(23-11)21-7-3-2-4-8(5-7)24-13(17,18)19/h2-6H,1H3,(H2,20,21,22,23). The molecular formula is C13H10F6N4O. The van der Waals surface area contributed by atoms with Crippen molar-refractivity contribution in [1.29, 1.82) is 0 Å². The number of rotatable bonds is 4. The van der Waals surface area contributed by atoms with E-state index in [4.69, 9.17) is 0 Å². The fourth-order valence-electron chi connectivity index (χ4n) is 1.69. The average molecular weight is 352 g/mol. The molecule has 0 radical (unpaired) electrons. The predicted molar refractivity (Wildman–Crippen MR) is 73.0 cm³/mol. The summed E-state index contributed by atoms with van der Waals surface area (Å²) >= 11 is 0. The van der Waals surface area contributed by atoms with Gasteiger partial charge >= 0.3 is 12.5 Å². The molecule has 1 heterocycles. The van der Waals surface area contributed by atoms with E-state index in [9.17, 15) is 26.3 Å². The van der Waals surface area contributed by atoms with Gasteiger partial charge in [0.25, 0.3) is 0 Å². The Kier molecular flexibility index (Phi) is 4.71. The largest absolute Gasteiger partial charge is 0.573 e. The lowest BCUT2D eigenvalue weighted by Crippen LogP contribution is -2.17. The number of halogens is 6. The van der Waals surface area contributed by atoms with Gasteiger partial charge in [-0.15, -0.1) is 13.2 Å². The van der Waals surface area contributed by atoms with Gasteiger partial charge in [-0.25, -0.2) is 4.98 Å².